The lowest BCUT2D eigenvalue weighted by molar-refractivity contribution is -0.143. The van der Waals surface area contributed by atoms with Crippen LogP contribution in [0.5, 0.6) is 0 Å². The summed E-state index contributed by atoms with van der Waals surface area (Å²) in [7, 11) is 0. The number of carbonyl (C=O) groups excluding carboxylic acids is 2. The minimum absolute atomic E-state index is 0.00597. The highest BCUT2D eigenvalue weighted by Crippen LogP contribution is 2.17. The number of hydrogen-bond acceptors (Lipinski definition) is 5. The molecule has 0 aliphatic heterocycles. The highest BCUT2D eigenvalue weighted by atomic mass is 16.5. The average molecular weight is 971 g/mol. The van der Waals surface area contributed by atoms with Crippen LogP contribution in [0.2, 0.25) is 0 Å². The maximum absolute atomic E-state index is 12.4. The zero-order chi connectivity index (χ0) is 50.0. The predicted molar refractivity (Wildman–Crippen MR) is 301 cm³/mol. The van der Waals surface area contributed by atoms with Crippen molar-refractivity contribution < 1.29 is 24.5 Å². The first-order valence-corrected chi connectivity index (χ1v) is 30.7. The Balaban J connectivity index is 3.40. The molecule has 0 aromatic heterocycles. The Morgan fingerprint density at radius 2 is 0.725 bits per heavy atom. The molecule has 0 aliphatic rings. The van der Waals surface area contributed by atoms with E-state index in [0.717, 1.165) is 51.4 Å². The highest BCUT2D eigenvalue weighted by Gasteiger charge is 2.20. The molecule has 0 saturated carbocycles. The summed E-state index contributed by atoms with van der Waals surface area (Å²) in [6.07, 6.45) is 73.1. The molecule has 6 nitrogen and oxygen atoms in total. The number of ether oxygens (including phenoxy) is 1. The predicted octanol–water partition coefficient (Wildman–Crippen LogP) is 19.2. The smallest absolute Gasteiger partial charge is 0.305 e. The number of aliphatic hydroxyl groups excluding tert-OH is 2. The van der Waals surface area contributed by atoms with Gasteiger partial charge in [-0.3, -0.25) is 9.59 Å². The third-order valence-corrected chi connectivity index (χ3v) is 14.2. The molecule has 1 amide bonds. The van der Waals surface area contributed by atoms with Gasteiger partial charge >= 0.3 is 5.97 Å². The second kappa shape index (κ2) is 58.6. The molecular weight excluding hydrogens is 851 g/mol. The fourth-order valence-electron chi connectivity index (χ4n) is 9.43. The number of nitrogens with one attached hydrogen (secondary N) is 1. The molecule has 0 radical (unpaired) electrons. The van der Waals surface area contributed by atoms with E-state index >= 15 is 0 Å². The van der Waals surface area contributed by atoms with Crippen LogP contribution < -0.4 is 5.32 Å². The van der Waals surface area contributed by atoms with E-state index in [1.54, 1.807) is 0 Å². The van der Waals surface area contributed by atoms with Crippen LogP contribution in [0, 0.1) is 0 Å². The maximum atomic E-state index is 12.4. The van der Waals surface area contributed by atoms with Crippen LogP contribution in [0.25, 0.3) is 0 Å². The van der Waals surface area contributed by atoms with Crippen molar-refractivity contribution in [1.29, 1.82) is 0 Å². The summed E-state index contributed by atoms with van der Waals surface area (Å²) in [5.74, 6) is -0.0374. The molecule has 0 saturated heterocycles. The van der Waals surface area contributed by atoms with E-state index in [4.69, 9.17) is 4.74 Å². The lowest BCUT2D eigenvalue weighted by Crippen LogP contribution is -2.45. The summed E-state index contributed by atoms with van der Waals surface area (Å²) < 4.78 is 5.49. The summed E-state index contributed by atoms with van der Waals surface area (Å²) in [6, 6.07) is -0.544. The lowest BCUT2D eigenvalue weighted by atomic mass is 10.0. The first kappa shape index (κ1) is 67.1. The Bertz CT molecular complexity index is 1120. The number of amides is 1. The summed E-state index contributed by atoms with van der Waals surface area (Å²) in [6.45, 7) is 4.93. The Morgan fingerprint density at radius 3 is 1.12 bits per heavy atom. The molecular formula is C63H119NO5. The fraction of sp³-hybridized carbons (Fsp3) is 0.873. The molecule has 2 atom stereocenters. The Morgan fingerprint density at radius 1 is 0.406 bits per heavy atom. The number of allylic oxidation sites excluding steroid dienone is 6. The second-order valence-corrected chi connectivity index (χ2v) is 21.0. The largest absolute Gasteiger partial charge is 0.466 e. The van der Waals surface area contributed by atoms with Crippen LogP contribution in [0.3, 0.4) is 0 Å². The molecule has 0 spiro atoms. The Labute approximate surface area is 430 Å². The molecule has 0 heterocycles. The van der Waals surface area contributed by atoms with E-state index in [1.807, 2.05) is 0 Å². The number of hydrogen-bond donors (Lipinski definition) is 3. The fourth-order valence-corrected chi connectivity index (χ4v) is 9.43. The van der Waals surface area contributed by atoms with Crippen molar-refractivity contribution in [2.75, 3.05) is 13.2 Å². The third-order valence-electron chi connectivity index (χ3n) is 14.2. The summed E-state index contributed by atoms with van der Waals surface area (Å²) in [5.41, 5.74) is 0. The van der Waals surface area contributed by atoms with Crippen molar-refractivity contribution in [2.45, 2.75) is 341 Å². The third kappa shape index (κ3) is 55.2. The van der Waals surface area contributed by atoms with Gasteiger partial charge in [-0.1, -0.05) is 269 Å². The zero-order valence-electron chi connectivity index (χ0n) is 46.3. The van der Waals surface area contributed by atoms with Gasteiger partial charge in [-0.15, -0.1) is 0 Å². The van der Waals surface area contributed by atoms with Gasteiger partial charge in [0.05, 0.1) is 25.4 Å². The molecule has 2 unspecified atom stereocenters. The number of esters is 1. The van der Waals surface area contributed by atoms with Crippen molar-refractivity contribution in [2.24, 2.45) is 0 Å². The van der Waals surface area contributed by atoms with E-state index in [0.29, 0.717) is 25.9 Å². The molecule has 0 aliphatic carbocycles. The number of unbranched alkanes of at least 4 members (excludes halogenated alkanes) is 40. The first-order chi connectivity index (χ1) is 34.0. The van der Waals surface area contributed by atoms with Gasteiger partial charge in [-0.05, 0) is 83.5 Å². The molecule has 406 valence electrons. The van der Waals surface area contributed by atoms with Gasteiger partial charge in [-0.25, -0.2) is 0 Å². The van der Waals surface area contributed by atoms with Gasteiger partial charge in [0.2, 0.25) is 5.91 Å². The van der Waals surface area contributed by atoms with E-state index < -0.39 is 12.1 Å². The number of carbonyl (C=O) groups is 2. The molecule has 0 aromatic rings. The van der Waals surface area contributed by atoms with Gasteiger partial charge in [-0.2, -0.15) is 0 Å². The van der Waals surface area contributed by atoms with Crippen molar-refractivity contribution >= 4 is 11.9 Å². The lowest BCUT2D eigenvalue weighted by Gasteiger charge is -2.22. The zero-order valence-corrected chi connectivity index (χ0v) is 46.3. The number of rotatable bonds is 57. The van der Waals surface area contributed by atoms with Crippen LogP contribution in [-0.4, -0.2) is 47.4 Å². The molecule has 0 aromatic carbocycles. The van der Waals surface area contributed by atoms with Crippen molar-refractivity contribution in [3.63, 3.8) is 0 Å². The number of aliphatic hydroxyl groups is 2. The maximum Gasteiger partial charge on any atom is 0.305 e. The van der Waals surface area contributed by atoms with Gasteiger partial charge in [0.1, 0.15) is 0 Å². The second-order valence-electron chi connectivity index (χ2n) is 21.0. The van der Waals surface area contributed by atoms with Gasteiger partial charge in [0.15, 0.2) is 0 Å². The highest BCUT2D eigenvalue weighted by molar-refractivity contribution is 5.76. The molecule has 0 bridgehead atoms. The van der Waals surface area contributed by atoms with Crippen molar-refractivity contribution in [3.05, 3.63) is 36.5 Å². The summed E-state index contributed by atoms with van der Waals surface area (Å²) in [4.78, 5) is 24.5. The van der Waals surface area contributed by atoms with Gasteiger partial charge in [0, 0.05) is 12.8 Å². The van der Waals surface area contributed by atoms with E-state index in [1.165, 1.54) is 244 Å². The monoisotopic (exact) mass is 970 g/mol. The average Bonchev–Trinajstić information content (AvgIpc) is 3.35. The van der Waals surface area contributed by atoms with E-state index in [2.05, 4.69) is 55.6 Å². The Kier molecular flexibility index (Phi) is 57.0. The van der Waals surface area contributed by atoms with Crippen molar-refractivity contribution in [1.82, 2.24) is 5.32 Å². The van der Waals surface area contributed by atoms with E-state index in [-0.39, 0.29) is 18.5 Å². The van der Waals surface area contributed by atoms with Crippen LogP contribution in [-0.2, 0) is 14.3 Å². The van der Waals surface area contributed by atoms with Crippen LogP contribution in [0.1, 0.15) is 328 Å². The normalized spacial score (nSPS) is 12.8. The standard InChI is InChI=1S/C63H119NO5/c1-3-5-7-9-11-13-14-15-16-17-28-31-34-37-41-45-49-53-57-63(68)69-58-54-50-46-42-38-35-32-29-26-24-22-20-18-19-21-23-25-27-30-33-36-40-44-48-52-56-62(67)64-60(59-65)61(66)55-51-47-43-39-12-10-8-6-4-2/h16-17,19-22,60-61,65-66H,3-15,18,23-59H2,1-2H3,(H,64,67)/b17-16-,21-19-,22-20-. The van der Waals surface area contributed by atoms with Gasteiger partial charge in [0.25, 0.3) is 0 Å². The minimum atomic E-state index is -0.666. The topological polar surface area (TPSA) is 95.9 Å². The van der Waals surface area contributed by atoms with Gasteiger partial charge < -0.3 is 20.3 Å². The molecule has 0 fully saturated rings. The molecule has 69 heavy (non-hydrogen) atoms. The first-order valence-electron chi connectivity index (χ1n) is 30.7. The summed E-state index contributed by atoms with van der Waals surface area (Å²) >= 11 is 0. The quantitative estimate of drug-likeness (QED) is 0.0321. The molecule has 3 N–H and O–H groups in total. The van der Waals surface area contributed by atoms with Crippen LogP contribution >= 0.6 is 0 Å². The van der Waals surface area contributed by atoms with Crippen LogP contribution in [0.15, 0.2) is 36.5 Å². The Hall–Kier alpha value is -1.92. The van der Waals surface area contributed by atoms with Crippen molar-refractivity contribution in [3.8, 4) is 0 Å². The molecule has 6 heteroatoms. The van der Waals surface area contributed by atoms with Crippen LogP contribution in [0.4, 0.5) is 0 Å². The molecule has 0 rings (SSSR count). The van der Waals surface area contributed by atoms with E-state index in [9.17, 15) is 19.8 Å². The minimum Gasteiger partial charge on any atom is -0.466 e. The SMILES string of the molecule is CCCCCCCCC/C=C\CCCCCCCCCC(=O)OCCCCCCCCCCC/C=C\C/C=C\CCCCCCCCCCCC(=O)NC(CO)C(O)CCCCCCCCCCC. The summed E-state index contributed by atoms with van der Waals surface area (Å²) in [5, 5.41) is 23.1.